The number of rotatable bonds is 6. The molecule has 2 amide bonds. The van der Waals surface area contributed by atoms with Crippen LogP contribution in [-0.2, 0) is 13.1 Å². The van der Waals surface area contributed by atoms with Gasteiger partial charge in [-0.1, -0.05) is 30.3 Å². The Balaban J connectivity index is 1.59. The minimum Gasteiger partial charge on any atom is -0.508 e. The number of hydrogen-bond acceptors (Lipinski definition) is 4. The molecule has 0 saturated carbocycles. The predicted octanol–water partition coefficient (Wildman–Crippen LogP) is 4.41. The normalized spacial score (nSPS) is 10.6. The lowest BCUT2D eigenvalue weighted by Gasteiger charge is -2.23. The quantitative estimate of drug-likeness (QED) is 0.513. The molecule has 2 aromatic heterocycles. The van der Waals surface area contributed by atoms with Crippen molar-refractivity contribution in [2.75, 3.05) is 5.32 Å². The van der Waals surface area contributed by atoms with Gasteiger partial charge in [0.25, 0.3) is 0 Å². The van der Waals surface area contributed by atoms with Gasteiger partial charge in [-0.3, -0.25) is 0 Å². The summed E-state index contributed by atoms with van der Waals surface area (Å²) in [5, 5.41) is 17.3. The SMILES string of the molecule is O=C(Nc1ccccc1-n1cccn1)N(Cc1ccco1)Cc1ccccc1O. The zero-order chi connectivity index (χ0) is 20.1. The highest BCUT2D eigenvalue weighted by atomic mass is 16.3. The van der Waals surface area contributed by atoms with E-state index in [0.29, 0.717) is 17.0 Å². The standard InChI is InChI=1S/C22H20N4O3/c27-21-11-4-1-7-17(21)15-25(16-18-8-5-14-29-18)22(28)24-19-9-2-3-10-20(19)26-13-6-12-23-26/h1-14,27H,15-16H2,(H,24,28). The highest BCUT2D eigenvalue weighted by molar-refractivity contribution is 5.91. The Labute approximate surface area is 167 Å². The molecule has 2 N–H and O–H groups in total. The van der Waals surface area contributed by atoms with E-state index in [1.165, 1.54) is 0 Å². The number of phenols is 1. The Bertz CT molecular complexity index is 1080. The van der Waals surface area contributed by atoms with Gasteiger partial charge in [-0.2, -0.15) is 5.10 Å². The van der Waals surface area contributed by atoms with E-state index >= 15 is 0 Å². The first kappa shape index (κ1) is 18.4. The van der Waals surface area contributed by atoms with Gasteiger partial charge in [-0.15, -0.1) is 0 Å². The van der Waals surface area contributed by atoms with Crippen LogP contribution in [0.3, 0.4) is 0 Å². The molecule has 2 heterocycles. The van der Waals surface area contributed by atoms with Gasteiger partial charge in [0, 0.05) is 18.0 Å². The lowest BCUT2D eigenvalue weighted by molar-refractivity contribution is 0.200. The second kappa shape index (κ2) is 8.35. The Hall–Kier alpha value is -4.00. The molecule has 0 aliphatic rings. The molecule has 0 fully saturated rings. The van der Waals surface area contributed by atoms with Gasteiger partial charge in [-0.25, -0.2) is 9.48 Å². The third-order valence-electron chi connectivity index (χ3n) is 4.46. The fraction of sp³-hybridized carbons (Fsp3) is 0.0909. The molecule has 0 aliphatic carbocycles. The van der Waals surface area contributed by atoms with Crippen LogP contribution in [0.2, 0.25) is 0 Å². The maximum Gasteiger partial charge on any atom is 0.322 e. The third kappa shape index (κ3) is 4.30. The Kier molecular flexibility index (Phi) is 5.29. The van der Waals surface area contributed by atoms with Crippen LogP contribution < -0.4 is 5.32 Å². The molecular weight excluding hydrogens is 368 g/mol. The number of benzene rings is 2. The van der Waals surface area contributed by atoms with Crippen LogP contribution in [0.15, 0.2) is 89.8 Å². The Morgan fingerprint density at radius 2 is 1.86 bits per heavy atom. The lowest BCUT2D eigenvalue weighted by Crippen LogP contribution is -2.34. The van der Waals surface area contributed by atoms with Crippen molar-refractivity contribution in [3.8, 4) is 11.4 Å². The number of amides is 2. The summed E-state index contributed by atoms with van der Waals surface area (Å²) in [5.74, 6) is 0.789. The summed E-state index contributed by atoms with van der Waals surface area (Å²) < 4.78 is 7.11. The molecule has 0 bridgehead atoms. The largest absolute Gasteiger partial charge is 0.508 e. The molecule has 0 spiro atoms. The predicted molar refractivity (Wildman–Crippen MR) is 109 cm³/mol. The van der Waals surface area contributed by atoms with Crippen molar-refractivity contribution in [2.45, 2.75) is 13.1 Å². The van der Waals surface area contributed by atoms with E-state index in [4.69, 9.17) is 4.42 Å². The van der Waals surface area contributed by atoms with Gasteiger partial charge < -0.3 is 19.7 Å². The molecule has 0 unspecified atom stereocenters. The molecule has 29 heavy (non-hydrogen) atoms. The number of aromatic nitrogens is 2. The number of anilines is 1. The van der Waals surface area contributed by atoms with Crippen LogP contribution in [0.1, 0.15) is 11.3 Å². The van der Waals surface area contributed by atoms with E-state index in [-0.39, 0.29) is 24.9 Å². The molecule has 4 rings (SSSR count). The molecule has 4 aromatic rings. The minimum absolute atomic E-state index is 0.140. The Morgan fingerprint density at radius 3 is 2.62 bits per heavy atom. The van der Waals surface area contributed by atoms with E-state index < -0.39 is 0 Å². The van der Waals surface area contributed by atoms with Crippen LogP contribution in [-0.4, -0.2) is 25.8 Å². The van der Waals surface area contributed by atoms with Gasteiger partial charge in [0.15, 0.2) is 0 Å². The number of carbonyl (C=O) groups is 1. The van der Waals surface area contributed by atoms with Gasteiger partial charge in [0.1, 0.15) is 11.5 Å². The molecule has 7 nitrogen and oxygen atoms in total. The summed E-state index contributed by atoms with van der Waals surface area (Å²) in [6.45, 7) is 0.486. The van der Waals surface area contributed by atoms with Crippen LogP contribution in [0.4, 0.5) is 10.5 Å². The van der Waals surface area contributed by atoms with Crippen LogP contribution in [0, 0.1) is 0 Å². The molecule has 0 radical (unpaired) electrons. The van der Waals surface area contributed by atoms with Crippen molar-refractivity contribution in [2.24, 2.45) is 0 Å². The van der Waals surface area contributed by atoms with E-state index in [0.717, 1.165) is 5.69 Å². The van der Waals surface area contributed by atoms with Gasteiger partial charge in [-0.05, 0) is 36.4 Å². The van der Waals surface area contributed by atoms with Gasteiger partial charge in [0.05, 0.1) is 30.7 Å². The van der Waals surface area contributed by atoms with Crippen LogP contribution >= 0.6 is 0 Å². The number of furan rings is 1. The van der Waals surface area contributed by atoms with E-state index in [2.05, 4.69) is 10.4 Å². The van der Waals surface area contributed by atoms with Crippen molar-refractivity contribution < 1.29 is 14.3 Å². The van der Waals surface area contributed by atoms with Crippen molar-refractivity contribution in [1.29, 1.82) is 0 Å². The number of nitrogens with one attached hydrogen (secondary N) is 1. The summed E-state index contributed by atoms with van der Waals surface area (Å²) in [6.07, 6.45) is 5.06. The number of phenolic OH excluding ortho intramolecular Hbond substituents is 1. The van der Waals surface area contributed by atoms with E-state index in [9.17, 15) is 9.90 Å². The first-order valence-electron chi connectivity index (χ1n) is 9.15. The lowest BCUT2D eigenvalue weighted by atomic mass is 10.2. The summed E-state index contributed by atoms with van der Waals surface area (Å²) in [6, 6.07) is 19.5. The average molecular weight is 388 g/mol. The number of urea groups is 1. The minimum atomic E-state index is -0.316. The molecule has 7 heteroatoms. The topological polar surface area (TPSA) is 83.5 Å². The molecule has 2 aromatic carbocycles. The second-order valence-electron chi connectivity index (χ2n) is 6.46. The van der Waals surface area contributed by atoms with E-state index in [1.54, 1.807) is 46.3 Å². The summed E-state index contributed by atoms with van der Waals surface area (Å²) in [5.41, 5.74) is 2.03. The highest BCUT2D eigenvalue weighted by Crippen LogP contribution is 2.23. The van der Waals surface area contributed by atoms with Crippen molar-refractivity contribution in [3.63, 3.8) is 0 Å². The Morgan fingerprint density at radius 1 is 1.03 bits per heavy atom. The number of aromatic hydroxyl groups is 1. The van der Waals surface area contributed by atoms with Gasteiger partial charge >= 0.3 is 6.03 Å². The summed E-state index contributed by atoms with van der Waals surface area (Å²) in [7, 11) is 0. The van der Waals surface area contributed by atoms with E-state index in [1.807, 2.05) is 48.7 Å². The molecule has 146 valence electrons. The fourth-order valence-electron chi connectivity index (χ4n) is 3.03. The third-order valence-corrected chi connectivity index (χ3v) is 4.46. The number of nitrogens with zero attached hydrogens (tertiary/aromatic N) is 3. The average Bonchev–Trinajstić information content (AvgIpc) is 3.43. The number of para-hydroxylation sites is 3. The summed E-state index contributed by atoms with van der Waals surface area (Å²) in [4.78, 5) is 14.7. The molecule has 0 atom stereocenters. The smallest absolute Gasteiger partial charge is 0.322 e. The molecule has 0 saturated heterocycles. The van der Waals surface area contributed by atoms with Crippen LogP contribution in [0.25, 0.3) is 5.69 Å². The molecule has 0 aliphatic heterocycles. The second-order valence-corrected chi connectivity index (χ2v) is 6.46. The van der Waals surface area contributed by atoms with Gasteiger partial charge in [0.2, 0.25) is 0 Å². The number of carbonyl (C=O) groups excluding carboxylic acids is 1. The first-order valence-corrected chi connectivity index (χ1v) is 9.15. The highest BCUT2D eigenvalue weighted by Gasteiger charge is 2.19. The summed E-state index contributed by atoms with van der Waals surface area (Å²) >= 11 is 0. The first-order chi connectivity index (χ1) is 14.2. The maximum absolute atomic E-state index is 13.1. The monoisotopic (exact) mass is 388 g/mol. The zero-order valence-corrected chi connectivity index (χ0v) is 15.6. The van der Waals surface area contributed by atoms with Crippen molar-refractivity contribution in [1.82, 2.24) is 14.7 Å². The van der Waals surface area contributed by atoms with Crippen molar-refractivity contribution in [3.05, 3.63) is 96.7 Å². The molecular formula is C22H20N4O3. The fourth-order valence-corrected chi connectivity index (χ4v) is 3.03. The van der Waals surface area contributed by atoms with Crippen LogP contribution in [0.5, 0.6) is 5.75 Å². The van der Waals surface area contributed by atoms with Crippen molar-refractivity contribution >= 4 is 11.7 Å². The number of hydrogen-bond donors (Lipinski definition) is 2. The maximum atomic E-state index is 13.1. The zero-order valence-electron chi connectivity index (χ0n) is 15.6.